The SMILES string of the molecule is CCCCCCCOc1cc(CCCC)cc(OCCCCCCC)c1OCCCCCCC. The van der Waals surface area contributed by atoms with Crippen LogP contribution in [0.25, 0.3) is 0 Å². The van der Waals surface area contributed by atoms with Crippen LogP contribution in [0.2, 0.25) is 0 Å². The predicted molar refractivity (Wildman–Crippen MR) is 148 cm³/mol. The molecule has 0 aliphatic rings. The van der Waals surface area contributed by atoms with Gasteiger partial charge in [-0.3, -0.25) is 0 Å². The van der Waals surface area contributed by atoms with E-state index < -0.39 is 0 Å². The van der Waals surface area contributed by atoms with Gasteiger partial charge in [0.05, 0.1) is 19.8 Å². The highest BCUT2D eigenvalue weighted by molar-refractivity contribution is 5.54. The maximum atomic E-state index is 6.35. The highest BCUT2D eigenvalue weighted by atomic mass is 16.5. The molecule has 0 amide bonds. The van der Waals surface area contributed by atoms with E-state index in [9.17, 15) is 0 Å². The number of rotatable bonds is 24. The van der Waals surface area contributed by atoms with Crippen LogP contribution in [0, 0.1) is 0 Å². The maximum absolute atomic E-state index is 6.35. The lowest BCUT2D eigenvalue weighted by Crippen LogP contribution is -2.07. The molecule has 3 nitrogen and oxygen atoms in total. The quantitative estimate of drug-likeness (QED) is 0.139. The molecule has 0 heterocycles. The van der Waals surface area contributed by atoms with E-state index in [2.05, 4.69) is 39.8 Å². The molecule has 0 atom stereocenters. The molecule has 1 rings (SSSR count). The average molecular weight is 477 g/mol. The van der Waals surface area contributed by atoms with Gasteiger partial charge in [-0.2, -0.15) is 0 Å². The normalized spacial score (nSPS) is 11.1. The minimum absolute atomic E-state index is 0.734. The van der Waals surface area contributed by atoms with Crippen LogP contribution in [0.5, 0.6) is 17.2 Å². The van der Waals surface area contributed by atoms with E-state index in [1.165, 1.54) is 95.5 Å². The molecule has 0 N–H and O–H groups in total. The van der Waals surface area contributed by atoms with Gasteiger partial charge >= 0.3 is 0 Å². The number of hydrogen-bond donors (Lipinski definition) is 0. The molecule has 0 saturated heterocycles. The Hall–Kier alpha value is -1.38. The van der Waals surface area contributed by atoms with Crippen molar-refractivity contribution in [2.75, 3.05) is 19.8 Å². The van der Waals surface area contributed by atoms with Crippen LogP contribution >= 0.6 is 0 Å². The van der Waals surface area contributed by atoms with Crippen molar-refractivity contribution in [1.29, 1.82) is 0 Å². The first kappa shape index (κ1) is 30.7. The fraction of sp³-hybridized carbons (Fsp3) is 0.806. The summed E-state index contributed by atoms with van der Waals surface area (Å²) in [4.78, 5) is 0. The van der Waals surface area contributed by atoms with Crippen molar-refractivity contribution in [3.63, 3.8) is 0 Å². The molecule has 0 bridgehead atoms. The minimum Gasteiger partial charge on any atom is -0.490 e. The van der Waals surface area contributed by atoms with Gasteiger partial charge in [-0.25, -0.2) is 0 Å². The lowest BCUT2D eigenvalue weighted by atomic mass is 10.1. The van der Waals surface area contributed by atoms with E-state index in [-0.39, 0.29) is 0 Å². The summed E-state index contributed by atoms with van der Waals surface area (Å²) >= 11 is 0. The van der Waals surface area contributed by atoms with E-state index in [0.29, 0.717) is 0 Å². The van der Waals surface area contributed by atoms with E-state index in [1.807, 2.05) is 0 Å². The van der Waals surface area contributed by atoms with Gasteiger partial charge in [0.15, 0.2) is 11.5 Å². The molecular formula is C31H56O3. The number of hydrogen-bond acceptors (Lipinski definition) is 3. The van der Waals surface area contributed by atoms with Gasteiger partial charge < -0.3 is 14.2 Å². The number of benzene rings is 1. The third-order valence-electron chi connectivity index (χ3n) is 6.40. The summed E-state index contributed by atoms with van der Waals surface area (Å²) in [5.41, 5.74) is 1.30. The topological polar surface area (TPSA) is 27.7 Å². The van der Waals surface area contributed by atoms with Gasteiger partial charge in [-0.15, -0.1) is 0 Å². The van der Waals surface area contributed by atoms with Crippen LogP contribution in [0.4, 0.5) is 0 Å². The zero-order valence-corrected chi connectivity index (χ0v) is 23.2. The fourth-order valence-corrected chi connectivity index (χ4v) is 4.17. The predicted octanol–water partition coefficient (Wildman–Crippen LogP) is 10.1. The Morgan fingerprint density at radius 3 is 1.24 bits per heavy atom. The summed E-state index contributed by atoms with van der Waals surface area (Å²) in [5, 5.41) is 0. The lowest BCUT2D eigenvalue weighted by molar-refractivity contribution is 0.234. The molecule has 0 fully saturated rings. The number of aryl methyl sites for hydroxylation is 1. The summed E-state index contributed by atoms with van der Waals surface area (Å²) < 4.78 is 19.0. The molecule has 0 aromatic heterocycles. The molecule has 1 aromatic carbocycles. The molecule has 3 heteroatoms. The monoisotopic (exact) mass is 476 g/mol. The molecule has 0 radical (unpaired) electrons. The Labute approximate surface area is 212 Å². The lowest BCUT2D eigenvalue weighted by Gasteiger charge is -2.19. The van der Waals surface area contributed by atoms with Crippen molar-refractivity contribution in [2.24, 2.45) is 0 Å². The van der Waals surface area contributed by atoms with Crippen molar-refractivity contribution >= 4 is 0 Å². The van der Waals surface area contributed by atoms with Crippen LogP contribution in [0.3, 0.4) is 0 Å². The number of ether oxygens (including phenoxy) is 3. The molecule has 198 valence electrons. The Morgan fingerprint density at radius 1 is 0.441 bits per heavy atom. The largest absolute Gasteiger partial charge is 0.490 e. The molecule has 1 aromatic rings. The third kappa shape index (κ3) is 14.8. The zero-order chi connectivity index (χ0) is 24.7. The first-order valence-corrected chi connectivity index (χ1v) is 14.8. The highest BCUT2D eigenvalue weighted by Gasteiger charge is 2.16. The van der Waals surface area contributed by atoms with E-state index in [4.69, 9.17) is 14.2 Å². The van der Waals surface area contributed by atoms with Gasteiger partial charge in [0.2, 0.25) is 5.75 Å². The zero-order valence-electron chi connectivity index (χ0n) is 23.2. The van der Waals surface area contributed by atoms with Gasteiger partial charge in [0.25, 0.3) is 0 Å². The van der Waals surface area contributed by atoms with E-state index in [0.717, 1.165) is 62.8 Å². The second kappa shape index (κ2) is 22.1. The molecule has 0 spiro atoms. The van der Waals surface area contributed by atoms with Crippen LogP contribution in [0.15, 0.2) is 12.1 Å². The Balaban J connectivity index is 2.85. The number of unbranched alkanes of at least 4 members (excludes halogenated alkanes) is 13. The molecule has 0 unspecified atom stereocenters. The van der Waals surface area contributed by atoms with Gasteiger partial charge in [0.1, 0.15) is 0 Å². The standard InChI is InChI=1S/C31H56O3/c1-5-9-13-16-19-23-32-29-26-28(22-12-8-4)27-30(33-24-20-17-14-10-6-2)31(29)34-25-21-18-15-11-7-3/h26-27H,5-25H2,1-4H3. The minimum atomic E-state index is 0.734. The molecule has 34 heavy (non-hydrogen) atoms. The van der Waals surface area contributed by atoms with Crippen LogP contribution in [0.1, 0.15) is 142 Å². The summed E-state index contributed by atoms with van der Waals surface area (Å²) in [6, 6.07) is 4.42. The van der Waals surface area contributed by atoms with Crippen molar-refractivity contribution in [3.05, 3.63) is 17.7 Å². The van der Waals surface area contributed by atoms with E-state index in [1.54, 1.807) is 0 Å². The Kier molecular flexibility index (Phi) is 19.9. The third-order valence-corrected chi connectivity index (χ3v) is 6.40. The van der Waals surface area contributed by atoms with Crippen molar-refractivity contribution in [2.45, 2.75) is 143 Å². The van der Waals surface area contributed by atoms with Gasteiger partial charge in [-0.1, -0.05) is 111 Å². The Morgan fingerprint density at radius 2 is 0.824 bits per heavy atom. The molecule has 0 aliphatic carbocycles. The second-order valence-corrected chi connectivity index (χ2v) is 9.81. The fourth-order valence-electron chi connectivity index (χ4n) is 4.17. The smallest absolute Gasteiger partial charge is 0.203 e. The average Bonchev–Trinajstić information content (AvgIpc) is 2.85. The van der Waals surface area contributed by atoms with Crippen LogP contribution in [-0.4, -0.2) is 19.8 Å². The second-order valence-electron chi connectivity index (χ2n) is 9.81. The van der Waals surface area contributed by atoms with E-state index >= 15 is 0 Å². The summed E-state index contributed by atoms with van der Waals surface area (Å²) in [6.07, 6.45) is 22.1. The van der Waals surface area contributed by atoms with Crippen molar-refractivity contribution in [3.8, 4) is 17.2 Å². The van der Waals surface area contributed by atoms with Crippen LogP contribution in [-0.2, 0) is 6.42 Å². The van der Waals surface area contributed by atoms with Gasteiger partial charge in [-0.05, 0) is 49.8 Å². The molecule has 0 saturated carbocycles. The van der Waals surface area contributed by atoms with Crippen molar-refractivity contribution < 1.29 is 14.2 Å². The summed E-state index contributed by atoms with van der Waals surface area (Å²) in [7, 11) is 0. The van der Waals surface area contributed by atoms with Crippen molar-refractivity contribution in [1.82, 2.24) is 0 Å². The summed E-state index contributed by atoms with van der Waals surface area (Å²) in [6.45, 7) is 11.3. The Bertz CT molecular complexity index is 547. The first-order valence-electron chi connectivity index (χ1n) is 14.8. The van der Waals surface area contributed by atoms with Crippen LogP contribution < -0.4 is 14.2 Å². The van der Waals surface area contributed by atoms with Gasteiger partial charge in [0, 0.05) is 0 Å². The maximum Gasteiger partial charge on any atom is 0.203 e. The highest BCUT2D eigenvalue weighted by Crippen LogP contribution is 2.40. The molecule has 0 aliphatic heterocycles. The molecular weight excluding hydrogens is 420 g/mol. The first-order chi connectivity index (χ1) is 16.8. The summed E-state index contributed by atoms with van der Waals surface area (Å²) in [5.74, 6) is 2.61.